The first-order chi connectivity index (χ1) is 9.18. The van der Waals surface area contributed by atoms with Crippen molar-refractivity contribution in [3.8, 4) is 0 Å². The van der Waals surface area contributed by atoms with E-state index in [1.54, 1.807) is 6.20 Å². The molecule has 3 rings (SSSR count). The second-order valence-electron chi connectivity index (χ2n) is 4.98. The van der Waals surface area contributed by atoms with Crippen LogP contribution < -0.4 is 5.73 Å². The molecule has 0 saturated carbocycles. The van der Waals surface area contributed by atoms with Gasteiger partial charge in [-0.05, 0) is 36.2 Å². The fraction of sp³-hybridized carbons (Fsp3) is 0.118. The van der Waals surface area contributed by atoms with Crippen LogP contribution in [0.3, 0.4) is 0 Å². The topological polar surface area (TPSA) is 38.9 Å². The summed E-state index contributed by atoms with van der Waals surface area (Å²) in [5.74, 6) is 0. The van der Waals surface area contributed by atoms with Gasteiger partial charge in [-0.1, -0.05) is 42.5 Å². The van der Waals surface area contributed by atoms with Crippen LogP contribution in [0.15, 0.2) is 66.9 Å². The summed E-state index contributed by atoms with van der Waals surface area (Å²) in [6.45, 7) is 2.04. The molecular formula is C17H16N2. The summed E-state index contributed by atoms with van der Waals surface area (Å²) in [7, 11) is 0. The van der Waals surface area contributed by atoms with Gasteiger partial charge in [0.25, 0.3) is 0 Å². The fourth-order valence-electron chi connectivity index (χ4n) is 2.35. The molecular weight excluding hydrogens is 232 g/mol. The molecule has 2 aromatic carbocycles. The van der Waals surface area contributed by atoms with Gasteiger partial charge in [0, 0.05) is 11.6 Å². The average Bonchev–Trinajstić information content (AvgIpc) is 2.47. The summed E-state index contributed by atoms with van der Waals surface area (Å²) in [6, 6.07) is 20.4. The average molecular weight is 248 g/mol. The first-order valence-electron chi connectivity index (χ1n) is 6.37. The Bertz CT molecular complexity index is 703. The largest absolute Gasteiger partial charge is 0.318 e. The molecule has 2 heteroatoms. The lowest BCUT2D eigenvalue weighted by molar-refractivity contribution is 0.604. The maximum atomic E-state index is 6.53. The summed E-state index contributed by atoms with van der Waals surface area (Å²) in [6.07, 6.45) is 1.81. The van der Waals surface area contributed by atoms with Crippen molar-refractivity contribution in [2.75, 3.05) is 0 Å². The van der Waals surface area contributed by atoms with Crippen LogP contribution in [-0.4, -0.2) is 4.98 Å². The Labute approximate surface area is 112 Å². The molecule has 0 amide bonds. The van der Waals surface area contributed by atoms with Gasteiger partial charge in [0.1, 0.15) is 0 Å². The van der Waals surface area contributed by atoms with Crippen molar-refractivity contribution >= 4 is 10.9 Å². The van der Waals surface area contributed by atoms with Crippen LogP contribution in [0.4, 0.5) is 0 Å². The first-order valence-corrected chi connectivity index (χ1v) is 6.37. The number of pyridine rings is 1. The molecule has 0 aliphatic heterocycles. The number of aromatic nitrogens is 1. The summed E-state index contributed by atoms with van der Waals surface area (Å²) in [5, 5.41) is 1.12. The summed E-state index contributed by atoms with van der Waals surface area (Å²) in [5.41, 5.74) is 9.24. The predicted molar refractivity (Wildman–Crippen MR) is 78.8 cm³/mol. The maximum Gasteiger partial charge on any atom is 0.0702 e. The van der Waals surface area contributed by atoms with E-state index in [1.807, 2.05) is 37.3 Å². The smallest absolute Gasteiger partial charge is 0.0702 e. The van der Waals surface area contributed by atoms with E-state index >= 15 is 0 Å². The Morgan fingerprint density at radius 2 is 1.68 bits per heavy atom. The Kier molecular flexibility index (Phi) is 2.80. The van der Waals surface area contributed by atoms with Crippen LogP contribution in [0, 0.1) is 0 Å². The number of nitrogens with two attached hydrogens (primary N) is 1. The highest BCUT2D eigenvalue weighted by Crippen LogP contribution is 2.28. The van der Waals surface area contributed by atoms with Gasteiger partial charge in [0.05, 0.1) is 11.1 Å². The molecule has 3 aromatic rings. The minimum atomic E-state index is -0.495. The zero-order chi connectivity index (χ0) is 13.3. The second-order valence-corrected chi connectivity index (χ2v) is 4.98. The predicted octanol–water partition coefficient (Wildman–Crippen LogP) is 3.46. The van der Waals surface area contributed by atoms with Crippen molar-refractivity contribution in [2.24, 2.45) is 5.73 Å². The Morgan fingerprint density at radius 1 is 0.895 bits per heavy atom. The van der Waals surface area contributed by atoms with Crippen LogP contribution in [0.5, 0.6) is 0 Å². The highest BCUT2D eigenvalue weighted by molar-refractivity contribution is 5.79. The molecule has 2 N–H and O–H groups in total. The van der Waals surface area contributed by atoms with Gasteiger partial charge in [-0.3, -0.25) is 4.98 Å². The number of nitrogens with zero attached hydrogens (tertiary/aromatic N) is 1. The van der Waals surface area contributed by atoms with Gasteiger partial charge in [-0.25, -0.2) is 0 Å². The number of hydrogen-bond acceptors (Lipinski definition) is 2. The highest BCUT2D eigenvalue weighted by Gasteiger charge is 2.23. The highest BCUT2D eigenvalue weighted by atomic mass is 14.7. The van der Waals surface area contributed by atoms with Gasteiger partial charge in [0.15, 0.2) is 0 Å². The molecule has 0 spiro atoms. The van der Waals surface area contributed by atoms with Gasteiger partial charge in [-0.15, -0.1) is 0 Å². The van der Waals surface area contributed by atoms with Crippen LogP contribution in [0.1, 0.15) is 18.1 Å². The third-order valence-electron chi connectivity index (χ3n) is 3.58. The van der Waals surface area contributed by atoms with E-state index in [-0.39, 0.29) is 0 Å². The summed E-state index contributed by atoms with van der Waals surface area (Å²) in [4.78, 5) is 4.34. The van der Waals surface area contributed by atoms with E-state index < -0.39 is 5.54 Å². The summed E-state index contributed by atoms with van der Waals surface area (Å²) < 4.78 is 0. The van der Waals surface area contributed by atoms with Crippen LogP contribution in [-0.2, 0) is 5.54 Å². The second kappa shape index (κ2) is 4.48. The molecule has 0 saturated heterocycles. The molecule has 1 atom stereocenters. The van der Waals surface area contributed by atoms with Crippen molar-refractivity contribution in [1.29, 1.82) is 0 Å². The standard InChI is InChI=1S/C17H16N2/c1-17(18,14-7-3-2-4-8-14)15-9-10-16-13(12-15)6-5-11-19-16/h2-12H,18H2,1H3. The number of benzene rings is 2. The Hall–Kier alpha value is -2.19. The Morgan fingerprint density at radius 3 is 2.47 bits per heavy atom. The lowest BCUT2D eigenvalue weighted by Gasteiger charge is -2.26. The molecule has 1 heterocycles. The third-order valence-corrected chi connectivity index (χ3v) is 3.58. The first kappa shape index (κ1) is 11.9. The number of hydrogen-bond donors (Lipinski definition) is 1. The number of fused-ring (bicyclic) bond motifs is 1. The van der Waals surface area contributed by atoms with E-state index in [4.69, 9.17) is 5.73 Å². The van der Waals surface area contributed by atoms with Gasteiger partial charge in [-0.2, -0.15) is 0 Å². The zero-order valence-electron chi connectivity index (χ0n) is 10.9. The third kappa shape index (κ3) is 2.11. The summed E-state index contributed by atoms with van der Waals surface area (Å²) >= 11 is 0. The normalized spacial score (nSPS) is 14.2. The lowest BCUT2D eigenvalue weighted by Crippen LogP contribution is -2.34. The molecule has 0 fully saturated rings. The maximum absolute atomic E-state index is 6.53. The fourth-order valence-corrected chi connectivity index (χ4v) is 2.35. The quantitative estimate of drug-likeness (QED) is 0.754. The monoisotopic (exact) mass is 248 g/mol. The van der Waals surface area contributed by atoms with Crippen molar-refractivity contribution in [3.05, 3.63) is 78.0 Å². The molecule has 0 radical (unpaired) electrons. The minimum absolute atomic E-state index is 0.495. The van der Waals surface area contributed by atoms with E-state index in [2.05, 4.69) is 35.3 Å². The molecule has 1 unspecified atom stereocenters. The molecule has 0 aliphatic carbocycles. The molecule has 0 aliphatic rings. The molecule has 0 bridgehead atoms. The van der Waals surface area contributed by atoms with Crippen LogP contribution >= 0.6 is 0 Å². The zero-order valence-corrected chi connectivity index (χ0v) is 10.9. The van der Waals surface area contributed by atoms with Crippen molar-refractivity contribution in [1.82, 2.24) is 4.98 Å². The lowest BCUT2D eigenvalue weighted by atomic mass is 9.85. The van der Waals surface area contributed by atoms with Crippen molar-refractivity contribution in [2.45, 2.75) is 12.5 Å². The minimum Gasteiger partial charge on any atom is -0.318 e. The molecule has 94 valence electrons. The van der Waals surface area contributed by atoms with Crippen molar-refractivity contribution in [3.63, 3.8) is 0 Å². The van der Waals surface area contributed by atoms with Crippen LogP contribution in [0.25, 0.3) is 10.9 Å². The van der Waals surface area contributed by atoms with E-state index in [9.17, 15) is 0 Å². The van der Waals surface area contributed by atoms with Crippen LogP contribution in [0.2, 0.25) is 0 Å². The number of rotatable bonds is 2. The SMILES string of the molecule is CC(N)(c1ccccc1)c1ccc2ncccc2c1. The molecule has 2 nitrogen and oxygen atoms in total. The molecule has 1 aromatic heterocycles. The van der Waals surface area contributed by atoms with Crippen molar-refractivity contribution < 1.29 is 0 Å². The van der Waals surface area contributed by atoms with Gasteiger partial charge >= 0.3 is 0 Å². The molecule has 19 heavy (non-hydrogen) atoms. The Balaban J connectivity index is 2.13. The van der Waals surface area contributed by atoms with E-state index in [1.165, 1.54) is 0 Å². The van der Waals surface area contributed by atoms with E-state index in [0.29, 0.717) is 0 Å². The van der Waals surface area contributed by atoms with E-state index in [0.717, 1.165) is 22.0 Å². The van der Waals surface area contributed by atoms with Gasteiger partial charge < -0.3 is 5.73 Å². The van der Waals surface area contributed by atoms with Gasteiger partial charge in [0.2, 0.25) is 0 Å².